The van der Waals surface area contributed by atoms with E-state index in [9.17, 15) is 0 Å². The number of nitrogens with zero attached hydrogens (tertiary/aromatic N) is 2. The van der Waals surface area contributed by atoms with E-state index < -0.39 is 0 Å². The SMILES string of the molecule is CN(C)CCCCCCCCCCCCCCCCCCCCCCCCCC[n+]1c2ccccc2cc2ccccc21. The molecule has 3 aromatic rings. The van der Waals surface area contributed by atoms with Crippen LogP contribution in [0.15, 0.2) is 54.6 Å². The van der Waals surface area contributed by atoms with Crippen LogP contribution in [-0.4, -0.2) is 25.5 Å². The van der Waals surface area contributed by atoms with E-state index in [1.807, 2.05) is 0 Å². The summed E-state index contributed by atoms with van der Waals surface area (Å²) in [7, 11) is 4.36. The third-order valence-corrected chi connectivity index (χ3v) is 9.50. The van der Waals surface area contributed by atoms with Crippen molar-refractivity contribution in [1.82, 2.24) is 4.90 Å². The monoisotopic (exact) mass is 588 g/mol. The summed E-state index contributed by atoms with van der Waals surface area (Å²) in [5, 5.41) is 2.70. The molecule has 2 aromatic carbocycles. The van der Waals surface area contributed by atoms with E-state index in [2.05, 4.69) is 78.2 Å². The van der Waals surface area contributed by atoms with Gasteiger partial charge in [0.05, 0.1) is 0 Å². The standard InChI is InChI=1S/C41H67N2/c1-42(2)35-29-23-21-19-17-15-13-11-9-7-5-3-4-6-8-10-12-14-16-18-20-22-24-30-36-43-40-33-27-25-31-38(40)37-39-32-26-28-34-41(39)43/h25-28,31-34,37H,3-24,29-30,35-36H2,1-2H3/q+1. The summed E-state index contributed by atoms with van der Waals surface area (Å²) in [6, 6.07) is 20.1. The highest BCUT2D eigenvalue weighted by Crippen LogP contribution is 2.19. The Hall–Kier alpha value is -1.93. The molecule has 0 spiro atoms. The van der Waals surface area contributed by atoms with Gasteiger partial charge in [0.25, 0.3) is 0 Å². The lowest BCUT2D eigenvalue weighted by molar-refractivity contribution is -0.645. The smallest absolute Gasteiger partial charge is 0.212 e. The molecule has 3 rings (SSSR count). The molecule has 2 heteroatoms. The molecule has 0 aliphatic carbocycles. The van der Waals surface area contributed by atoms with E-state index in [4.69, 9.17) is 0 Å². The molecule has 0 saturated carbocycles. The van der Waals surface area contributed by atoms with Gasteiger partial charge in [-0.25, -0.2) is 0 Å². The van der Waals surface area contributed by atoms with Crippen LogP contribution in [0.3, 0.4) is 0 Å². The number of para-hydroxylation sites is 2. The lowest BCUT2D eigenvalue weighted by Gasteiger charge is -2.08. The van der Waals surface area contributed by atoms with Gasteiger partial charge in [0.15, 0.2) is 0 Å². The zero-order chi connectivity index (χ0) is 30.2. The second kappa shape index (κ2) is 23.5. The van der Waals surface area contributed by atoms with Crippen molar-refractivity contribution in [2.24, 2.45) is 0 Å². The molecule has 0 N–H and O–H groups in total. The van der Waals surface area contributed by atoms with Gasteiger partial charge in [0.1, 0.15) is 6.54 Å². The number of hydrogen-bond donors (Lipinski definition) is 0. The molecule has 0 saturated heterocycles. The van der Waals surface area contributed by atoms with E-state index in [1.54, 1.807) is 0 Å². The van der Waals surface area contributed by atoms with Crippen LogP contribution >= 0.6 is 0 Å². The van der Waals surface area contributed by atoms with Gasteiger partial charge in [0, 0.05) is 29.3 Å². The number of fused-ring (bicyclic) bond motifs is 2. The molecular formula is C41H67N2+. The number of aromatic nitrogens is 1. The first-order valence-corrected chi connectivity index (χ1v) is 18.7. The van der Waals surface area contributed by atoms with Crippen molar-refractivity contribution >= 4 is 21.8 Å². The van der Waals surface area contributed by atoms with E-state index in [0.29, 0.717) is 0 Å². The first kappa shape index (κ1) is 35.5. The van der Waals surface area contributed by atoms with Crippen molar-refractivity contribution in [3.05, 3.63) is 54.6 Å². The Labute approximate surface area is 266 Å². The summed E-state index contributed by atoms with van der Waals surface area (Å²) in [6.45, 7) is 2.38. The fourth-order valence-corrected chi connectivity index (χ4v) is 6.84. The Morgan fingerprint density at radius 1 is 0.395 bits per heavy atom. The zero-order valence-electron chi connectivity index (χ0n) is 28.5. The third-order valence-electron chi connectivity index (χ3n) is 9.50. The highest BCUT2D eigenvalue weighted by Gasteiger charge is 2.14. The van der Waals surface area contributed by atoms with Gasteiger partial charge < -0.3 is 4.90 Å². The second-order valence-corrected chi connectivity index (χ2v) is 13.7. The van der Waals surface area contributed by atoms with Gasteiger partial charge >= 0.3 is 0 Å². The maximum absolute atomic E-state index is 2.55. The predicted molar refractivity (Wildman–Crippen MR) is 191 cm³/mol. The zero-order valence-corrected chi connectivity index (χ0v) is 28.5. The van der Waals surface area contributed by atoms with Gasteiger partial charge in [-0.2, -0.15) is 4.57 Å². The van der Waals surface area contributed by atoms with Crippen molar-refractivity contribution in [2.45, 2.75) is 161 Å². The number of unbranched alkanes of at least 4 members (excludes halogenated alkanes) is 23. The lowest BCUT2D eigenvalue weighted by atomic mass is 10.0. The quantitative estimate of drug-likeness (QED) is 0.0489. The molecule has 240 valence electrons. The molecule has 1 aromatic heterocycles. The van der Waals surface area contributed by atoms with Crippen molar-refractivity contribution in [1.29, 1.82) is 0 Å². The van der Waals surface area contributed by atoms with E-state index in [1.165, 1.54) is 182 Å². The van der Waals surface area contributed by atoms with Gasteiger partial charge in [-0.15, -0.1) is 0 Å². The minimum Gasteiger partial charge on any atom is -0.309 e. The number of hydrogen-bond acceptors (Lipinski definition) is 1. The van der Waals surface area contributed by atoms with Crippen LogP contribution in [0, 0.1) is 0 Å². The third kappa shape index (κ3) is 15.6. The summed E-state index contributed by atoms with van der Waals surface area (Å²) in [6.07, 6.45) is 34.6. The summed E-state index contributed by atoms with van der Waals surface area (Å²) in [5.41, 5.74) is 2.74. The molecule has 43 heavy (non-hydrogen) atoms. The average Bonchev–Trinajstić information content (AvgIpc) is 3.02. The number of rotatable bonds is 27. The molecule has 0 aliphatic heterocycles. The number of aryl methyl sites for hydroxylation is 1. The van der Waals surface area contributed by atoms with Crippen LogP contribution in [0.5, 0.6) is 0 Å². The molecule has 0 atom stereocenters. The largest absolute Gasteiger partial charge is 0.309 e. The van der Waals surface area contributed by atoms with Crippen LogP contribution in [0.25, 0.3) is 21.8 Å². The van der Waals surface area contributed by atoms with Crippen molar-refractivity contribution < 1.29 is 4.57 Å². The topological polar surface area (TPSA) is 7.12 Å². The molecule has 2 nitrogen and oxygen atoms in total. The summed E-state index contributed by atoms with van der Waals surface area (Å²) >= 11 is 0. The normalized spacial score (nSPS) is 11.8. The summed E-state index contributed by atoms with van der Waals surface area (Å²) < 4.78 is 2.55. The van der Waals surface area contributed by atoms with Crippen LogP contribution in [0.2, 0.25) is 0 Å². The fourth-order valence-electron chi connectivity index (χ4n) is 6.84. The fraction of sp³-hybridized carbons (Fsp3) is 0.683. The van der Waals surface area contributed by atoms with E-state index >= 15 is 0 Å². The van der Waals surface area contributed by atoms with Gasteiger partial charge in [0.2, 0.25) is 11.0 Å². The maximum Gasteiger partial charge on any atom is 0.212 e. The van der Waals surface area contributed by atoms with Crippen LogP contribution < -0.4 is 4.57 Å². The molecule has 1 heterocycles. The molecule has 0 bridgehead atoms. The summed E-state index contributed by atoms with van der Waals surface area (Å²) in [5.74, 6) is 0. The maximum atomic E-state index is 2.55. The first-order valence-electron chi connectivity index (χ1n) is 18.7. The number of pyridine rings is 1. The minimum absolute atomic E-state index is 1.12. The van der Waals surface area contributed by atoms with Crippen molar-refractivity contribution in [3.63, 3.8) is 0 Å². The van der Waals surface area contributed by atoms with E-state index in [-0.39, 0.29) is 0 Å². The molecular weight excluding hydrogens is 520 g/mol. The highest BCUT2D eigenvalue weighted by atomic mass is 15.0. The average molecular weight is 588 g/mol. The molecule has 0 fully saturated rings. The van der Waals surface area contributed by atoms with Crippen molar-refractivity contribution in [2.75, 3.05) is 20.6 Å². The predicted octanol–water partition coefficient (Wildman–Crippen LogP) is 12.2. The Bertz CT molecular complexity index is 1030. The van der Waals surface area contributed by atoms with Crippen LogP contribution in [0.4, 0.5) is 0 Å². The van der Waals surface area contributed by atoms with Gasteiger partial charge in [-0.3, -0.25) is 0 Å². The highest BCUT2D eigenvalue weighted by molar-refractivity contribution is 5.88. The Morgan fingerprint density at radius 3 is 1.05 bits per heavy atom. The van der Waals surface area contributed by atoms with Crippen molar-refractivity contribution in [3.8, 4) is 0 Å². The van der Waals surface area contributed by atoms with Gasteiger partial charge in [-0.05, 0) is 51.7 Å². The Morgan fingerprint density at radius 2 is 0.698 bits per heavy atom. The Balaban J connectivity index is 1.04. The van der Waals surface area contributed by atoms with Crippen LogP contribution in [0.1, 0.15) is 154 Å². The molecule has 0 unspecified atom stereocenters. The molecule has 0 radical (unpaired) electrons. The summed E-state index contributed by atoms with van der Waals surface area (Å²) in [4.78, 5) is 2.31. The second-order valence-electron chi connectivity index (χ2n) is 13.7. The number of benzene rings is 2. The Kier molecular flexibility index (Phi) is 19.4. The first-order chi connectivity index (χ1) is 21.3. The lowest BCUT2D eigenvalue weighted by Crippen LogP contribution is -2.35. The molecule has 0 amide bonds. The molecule has 0 aliphatic rings. The van der Waals surface area contributed by atoms with E-state index in [0.717, 1.165) is 6.54 Å². The van der Waals surface area contributed by atoms with Gasteiger partial charge in [-0.1, -0.05) is 159 Å². The van der Waals surface area contributed by atoms with Crippen LogP contribution in [-0.2, 0) is 6.54 Å². The minimum atomic E-state index is 1.12.